The number of carbonyl (C=O) groups is 2. The summed E-state index contributed by atoms with van der Waals surface area (Å²) in [7, 11) is 1.66. The first-order valence-corrected chi connectivity index (χ1v) is 6.73. The van der Waals surface area contributed by atoms with E-state index in [2.05, 4.69) is 5.32 Å². The highest BCUT2D eigenvalue weighted by Crippen LogP contribution is 2.17. The van der Waals surface area contributed by atoms with Gasteiger partial charge < -0.3 is 10.4 Å². The van der Waals surface area contributed by atoms with Crippen LogP contribution in [0.2, 0.25) is 0 Å². The molecule has 1 amide bonds. The van der Waals surface area contributed by atoms with Gasteiger partial charge in [-0.25, -0.2) is 0 Å². The molecule has 1 unspecified atom stereocenters. The van der Waals surface area contributed by atoms with Crippen molar-refractivity contribution in [3.8, 4) is 0 Å². The van der Waals surface area contributed by atoms with Gasteiger partial charge in [-0.2, -0.15) is 0 Å². The largest absolute Gasteiger partial charge is 0.480 e. The van der Waals surface area contributed by atoms with Crippen LogP contribution in [0.1, 0.15) is 45.4 Å². The Morgan fingerprint density at radius 1 is 1.26 bits per heavy atom. The molecule has 0 aromatic heterocycles. The number of likely N-dealkylation sites (N-methyl/N-ethyl adjacent to an activating group) is 1. The number of rotatable bonds is 5. The van der Waals surface area contributed by atoms with Gasteiger partial charge in [-0.1, -0.05) is 25.7 Å². The SMILES string of the molecule is CC(C(=O)O)N(C)CC(=O)NC1CCCCCC1.Cl. The Morgan fingerprint density at radius 2 is 1.79 bits per heavy atom. The number of nitrogens with zero attached hydrogens (tertiary/aromatic N) is 1. The van der Waals surface area contributed by atoms with Crippen molar-refractivity contribution in [2.24, 2.45) is 0 Å². The van der Waals surface area contributed by atoms with Crippen LogP contribution in [0.25, 0.3) is 0 Å². The highest BCUT2D eigenvalue weighted by molar-refractivity contribution is 5.85. The number of aliphatic carboxylic acids is 1. The fourth-order valence-corrected chi connectivity index (χ4v) is 2.25. The van der Waals surface area contributed by atoms with Gasteiger partial charge in [0.25, 0.3) is 0 Å². The van der Waals surface area contributed by atoms with Crippen LogP contribution in [0.5, 0.6) is 0 Å². The molecule has 0 aromatic carbocycles. The third-order valence-corrected chi connectivity index (χ3v) is 3.63. The zero-order valence-electron chi connectivity index (χ0n) is 11.7. The standard InChI is InChI=1S/C13H24N2O3.ClH/c1-10(13(17)18)15(2)9-12(16)14-11-7-5-3-4-6-8-11;/h10-11H,3-9H2,1-2H3,(H,14,16)(H,17,18);1H. The first-order chi connectivity index (χ1) is 8.50. The predicted octanol–water partition coefficient (Wildman–Crippen LogP) is 1.65. The van der Waals surface area contributed by atoms with E-state index in [4.69, 9.17) is 5.11 Å². The van der Waals surface area contributed by atoms with Crippen molar-refractivity contribution < 1.29 is 14.7 Å². The summed E-state index contributed by atoms with van der Waals surface area (Å²) in [6, 6.07) is -0.363. The molecule has 1 fully saturated rings. The van der Waals surface area contributed by atoms with E-state index < -0.39 is 12.0 Å². The fourth-order valence-electron chi connectivity index (χ4n) is 2.25. The van der Waals surface area contributed by atoms with Gasteiger partial charge in [0.15, 0.2) is 0 Å². The molecule has 1 aliphatic rings. The lowest BCUT2D eigenvalue weighted by Gasteiger charge is -2.22. The van der Waals surface area contributed by atoms with Crippen molar-refractivity contribution in [3.05, 3.63) is 0 Å². The minimum absolute atomic E-state index is 0. The third kappa shape index (κ3) is 6.78. The molecule has 0 aliphatic heterocycles. The molecule has 1 aliphatic carbocycles. The lowest BCUT2D eigenvalue weighted by Crippen LogP contribution is -2.45. The summed E-state index contributed by atoms with van der Waals surface area (Å²) in [5.41, 5.74) is 0. The van der Waals surface area contributed by atoms with Crippen LogP contribution in [0.3, 0.4) is 0 Å². The van der Waals surface area contributed by atoms with Crippen LogP contribution in [-0.4, -0.2) is 47.6 Å². The van der Waals surface area contributed by atoms with Crippen molar-refractivity contribution >= 4 is 24.3 Å². The van der Waals surface area contributed by atoms with Crippen molar-refractivity contribution in [1.29, 1.82) is 0 Å². The van der Waals surface area contributed by atoms with Gasteiger partial charge in [-0.3, -0.25) is 14.5 Å². The first kappa shape index (κ1) is 18.2. The van der Waals surface area contributed by atoms with Crippen LogP contribution in [0.15, 0.2) is 0 Å². The second-order valence-corrected chi connectivity index (χ2v) is 5.19. The number of carbonyl (C=O) groups excluding carboxylic acids is 1. The van der Waals surface area contributed by atoms with Crippen LogP contribution in [0.4, 0.5) is 0 Å². The molecule has 1 atom stereocenters. The molecule has 0 saturated heterocycles. The molecule has 0 bridgehead atoms. The van der Waals surface area contributed by atoms with Gasteiger partial charge in [0.2, 0.25) is 5.91 Å². The average Bonchev–Trinajstić information content (AvgIpc) is 2.56. The summed E-state index contributed by atoms with van der Waals surface area (Å²) in [5, 5.41) is 11.9. The van der Waals surface area contributed by atoms with E-state index in [9.17, 15) is 9.59 Å². The smallest absolute Gasteiger partial charge is 0.320 e. The van der Waals surface area contributed by atoms with Crippen LogP contribution in [-0.2, 0) is 9.59 Å². The maximum absolute atomic E-state index is 11.8. The summed E-state index contributed by atoms with van der Waals surface area (Å²) in [6.45, 7) is 1.73. The lowest BCUT2D eigenvalue weighted by molar-refractivity contribution is -0.142. The minimum atomic E-state index is -0.903. The second kappa shape index (κ2) is 9.15. The third-order valence-electron chi connectivity index (χ3n) is 3.63. The van der Waals surface area contributed by atoms with E-state index in [-0.39, 0.29) is 30.9 Å². The molecule has 19 heavy (non-hydrogen) atoms. The lowest BCUT2D eigenvalue weighted by atomic mass is 10.1. The summed E-state index contributed by atoms with van der Waals surface area (Å²) in [5.74, 6) is -0.975. The van der Waals surface area contributed by atoms with E-state index >= 15 is 0 Å². The highest BCUT2D eigenvalue weighted by Gasteiger charge is 2.20. The van der Waals surface area contributed by atoms with E-state index in [1.807, 2.05) is 0 Å². The molecule has 0 aromatic rings. The average molecular weight is 293 g/mol. The Kier molecular flexibility index (Phi) is 8.76. The van der Waals surface area contributed by atoms with E-state index in [0.29, 0.717) is 0 Å². The Morgan fingerprint density at radius 3 is 2.26 bits per heavy atom. The van der Waals surface area contributed by atoms with Gasteiger partial charge in [0.1, 0.15) is 6.04 Å². The van der Waals surface area contributed by atoms with Gasteiger partial charge in [-0.15, -0.1) is 12.4 Å². The fraction of sp³-hybridized carbons (Fsp3) is 0.846. The molecule has 1 rings (SSSR count). The number of nitrogens with one attached hydrogen (secondary N) is 1. The monoisotopic (exact) mass is 292 g/mol. The summed E-state index contributed by atoms with van der Waals surface area (Å²) >= 11 is 0. The van der Waals surface area contributed by atoms with Gasteiger partial charge in [0.05, 0.1) is 6.54 Å². The number of carboxylic acids is 1. The molecular weight excluding hydrogens is 268 g/mol. The van der Waals surface area contributed by atoms with Crippen LogP contribution in [0, 0.1) is 0 Å². The first-order valence-electron chi connectivity index (χ1n) is 6.73. The molecular formula is C13H25ClN2O3. The maximum atomic E-state index is 11.8. The number of hydrogen-bond acceptors (Lipinski definition) is 3. The normalized spacial score (nSPS) is 18.3. The molecule has 112 valence electrons. The Hall–Kier alpha value is -0.810. The number of amides is 1. The van der Waals surface area contributed by atoms with Crippen molar-refractivity contribution in [2.75, 3.05) is 13.6 Å². The Bertz CT molecular complexity index is 292. The zero-order chi connectivity index (χ0) is 13.5. The number of halogens is 1. The number of hydrogen-bond donors (Lipinski definition) is 2. The molecule has 6 heteroatoms. The predicted molar refractivity (Wildman–Crippen MR) is 76.6 cm³/mol. The molecule has 0 radical (unpaired) electrons. The quantitative estimate of drug-likeness (QED) is 0.756. The van der Waals surface area contributed by atoms with Crippen LogP contribution >= 0.6 is 12.4 Å². The molecule has 2 N–H and O–H groups in total. The summed E-state index contributed by atoms with van der Waals surface area (Å²) in [6.07, 6.45) is 6.94. The van der Waals surface area contributed by atoms with Crippen molar-refractivity contribution in [3.63, 3.8) is 0 Å². The maximum Gasteiger partial charge on any atom is 0.320 e. The zero-order valence-corrected chi connectivity index (χ0v) is 12.5. The van der Waals surface area contributed by atoms with Gasteiger partial charge in [-0.05, 0) is 26.8 Å². The Labute approximate surface area is 121 Å². The Balaban J connectivity index is 0.00000324. The van der Waals surface area contributed by atoms with E-state index in [1.54, 1.807) is 18.9 Å². The topological polar surface area (TPSA) is 69.6 Å². The van der Waals surface area contributed by atoms with Gasteiger partial charge >= 0.3 is 5.97 Å². The molecule has 0 spiro atoms. The highest BCUT2D eigenvalue weighted by atomic mass is 35.5. The number of carboxylic acid groups (broad SMARTS) is 1. The van der Waals surface area contributed by atoms with Crippen molar-refractivity contribution in [1.82, 2.24) is 10.2 Å². The molecule has 0 heterocycles. The summed E-state index contributed by atoms with van der Waals surface area (Å²) < 4.78 is 0. The second-order valence-electron chi connectivity index (χ2n) is 5.19. The molecule has 1 saturated carbocycles. The van der Waals surface area contributed by atoms with Crippen molar-refractivity contribution in [2.45, 2.75) is 57.5 Å². The summed E-state index contributed by atoms with van der Waals surface area (Å²) in [4.78, 5) is 24.1. The van der Waals surface area contributed by atoms with E-state index in [1.165, 1.54) is 25.7 Å². The minimum Gasteiger partial charge on any atom is -0.480 e. The molecule has 5 nitrogen and oxygen atoms in total. The van der Waals surface area contributed by atoms with E-state index in [0.717, 1.165) is 12.8 Å². The van der Waals surface area contributed by atoms with Gasteiger partial charge in [0, 0.05) is 6.04 Å². The van der Waals surface area contributed by atoms with Crippen LogP contribution < -0.4 is 5.32 Å².